The largest absolute Gasteiger partial charge is 0.478 e. The first-order valence-electron chi connectivity index (χ1n) is 5.46. The van der Waals surface area contributed by atoms with Gasteiger partial charge in [0.25, 0.3) is 0 Å². The van der Waals surface area contributed by atoms with Gasteiger partial charge in [0.2, 0.25) is 0 Å². The molecule has 0 aromatic heterocycles. The van der Waals surface area contributed by atoms with Crippen molar-refractivity contribution in [3.63, 3.8) is 0 Å². The summed E-state index contributed by atoms with van der Waals surface area (Å²) in [6.45, 7) is 0. The lowest BCUT2D eigenvalue weighted by Gasteiger charge is -2.05. The quantitative estimate of drug-likeness (QED) is 0.715. The summed E-state index contributed by atoms with van der Waals surface area (Å²) in [6, 6.07) is 13.5. The zero-order valence-corrected chi connectivity index (χ0v) is 13.8. The molecule has 0 aliphatic heterocycles. The highest BCUT2D eigenvalue weighted by Crippen LogP contribution is 2.28. The number of halogens is 2. The smallest absolute Gasteiger partial charge is 0.336 e. The van der Waals surface area contributed by atoms with Crippen molar-refractivity contribution in [1.82, 2.24) is 0 Å². The first kappa shape index (κ1) is 14.6. The summed E-state index contributed by atoms with van der Waals surface area (Å²) in [4.78, 5) is 12.0. The number of thioether (sulfide) groups is 1. The van der Waals surface area contributed by atoms with Crippen LogP contribution >= 0.6 is 43.6 Å². The number of benzene rings is 2. The van der Waals surface area contributed by atoms with Crippen LogP contribution in [0.4, 0.5) is 0 Å². The van der Waals surface area contributed by atoms with E-state index < -0.39 is 5.97 Å². The fourth-order valence-electron chi connectivity index (χ4n) is 1.55. The minimum absolute atomic E-state index is 0.291. The second kappa shape index (κ2) is 6.59. The molecule has 0 saturated heterocycles. The van der Waals surface area contributed by atoms with Gasteiger partial charge in [-0.1, -0.05) is 28.1 Å². The zero-order chi connectivity index (χ0) is 13.8. The van der Waals surface area contributed by atoms with E-state index in [1.54, 1.807) is 23.9 Å². The van der Waals surface area contributed by atoms with Gasteiger partial charge >= 0.3 is 5.97 Å². The van der Waals surface area contributed by atoms with E-state index in [4.69, 9.17) is 5.11 Å². The molecular formula is C14H10Br2O2S. The van der Waals surface area contributed by atoms with Crippen molar-refractivity contribution in [2.45, 2.75) is 10.6 Å². The van der Waals surface area contributed by atoms with Crippen molar-refractivity contribution in [1.29, 1.82) is 0 Å². The van der Waals surface area contributed by atoms with Crippen molar-refractivity contribution >= 4 is 49.6 Å². The van der Waals surface area contributed by atoms with E-state index >= 15 is 0 Å². The normalized spacial score (nSPS) is 10.4. The van der Waals surface area contributed by atoms with E-state index in [1.165, 1.54) is 5.56 Å². The highest BCUT2D eigenvalue weighted by atomic mass is 79.9. The van der Waals surface area contributed by atoms with Crippen molar-refractivity contribution in [3.05, 3.63) is 62.5 Å². The van der Waals surface area contributed by atoms with Crippen LogP contribution in [0.1, 0.15) is 15.9 Å². The standard InChI is InChI=1S/C14H10Br2O2S/c15-10-3-1-2-9(6-10)8-19-11-4-5-13(16)12(7-11)14(17)18/h1-7H,8H2,(H,17,18). The van der Waals surface area contributed by atoms with Crippen molar-refractivity contribution < 1.29 is 9.90 Å². The first-order valence-corrected chi connectivity index (χ1v) is 8.03. The van der Waals surface area contributed by atoms with Crippen LogP contribution < -0.4 is 0 Å². The number of carboxylic acids is 1. The fourth-order valence-corrected chi connectivity index (χ4v) is 3.29. The summed E-state index contributed by atoms with van der Waals surface area (Å²) >= 11 is 8.29. The van der Waals surface area contributed by atoms with Crippen LogP contribution in [0.15, 0.2) is 56.3 Å². The maximum atomic E-state index is 11.0. The first-order chi connectivity index (χ1) is 9.06. The number of hydrogen-bond acceptors (Lipinski definition) is 2. The Bertz CT molecular complexity index is 614. The Morgan fingerprint density at radius 3 is 2.63 bits per heavy atom. The van der Waals surface area contributed by atoms with Gasteiger partial charge in [0, 0.05) is 19.6 Å². The van der Waals surface area contributed by atoms with Crippen LogP contribution in [0.3, 0.4) is 0 Å². The van der Waals surface area contributed by atoms with Crippen molar-refractivity contribution in [3.8, 4) is 0 Å². The molecule has 2 aromatic rings. The number of carboxylic acid groups (broad SMARTS) is 1. The van der Waals surface area contributed by atoms with Gasteiger partial charge in [-0.2, -0.15) is 0 Å². The minimum atomic E-state index is -0.920. The van der Waals surface area contributed by atoms with Gasteiger partial charge in [-0.3, -0.25) is 0 Å². The van der Waals surface area contributed by atoms with Crippen molar-refractivity contribution in [2.75, 3.05) is 0 Å². The zero-order valence-electron chi connectivity index (χ0n) is 9.77. The SMILES string of the molecule is O=C(O)c1cc(SCc2cccc(Br)c2)ccc1Br. The molecule has 0 aliphatic carbocycles. The Morgan fingerprint density at radius 2 is 1.95 bits per heavy atom. The summed E-state index contributed by atoms with van der Waals surface area (Å²) in [5.74, 6) is -0.114. The number of carbonyl (C=O) groups is 1. The van der Waals surface area contributed by atoms with Gasteiger partial charge in [0.15, 0.2) is 0 Å². The van der Waals surface area contributed by atoms with Gasteiger partial charge in [0.1, 0.15) is 0 Å². The Balaban J connectivity index is 2.12. The average Bonchev–Trinajstić information content (AvgIpc) is 2.37. The molecule has 0 radical (unpaired) electrons. The molecule has 98 valence electrons. The Morgan fingerprint density at radius 1 is 1.16 bits per heavy atom. The van der Waals surface area contributed by atoms with E-state index in [2.05, 4.69) is 44.0 Å². The highest BCUT2D eigenvalue weighted by molar-refractivity contribution is 9.10. The molecule has 0 aliphatic rings. The van der Waals surface area contributed by atoms with Crippen molar-refractivity contribution in [2.24, 2.45) is 0 Å². The lowest BCUT2D eigenvalue weighted by molar-refractivity contribution is 0.0695. The minimum Gasteiger partial charge on any atom is -0.478 e. The van der Waals surface area contributed by atoms with Gasteiger partial charge in [-0.25, -0.2) is 4.79 Å². The molecule has 5 heteroatoms. The number of aromatic carboxylic acids is 1. The van der Waals surface area contributed by atoms with E-state index in [1.807, 2.05) is 18.2 Å². The molecule has 0 unspecified atom stereocenters. The van der Waals surface area contributed by atoms with E-state index in [0.29, 0.717) is 10.0 Å². The third kappa shape index (κ3) is 4.09. The molecular weight excluding hydrogens is 392 g/mol. The molecule has 2 nitrogen and oxygen atoms in total. The van der Waals surface area contributed by atoms with Crippen LogP contribution in [-0.4, -0.2) is 11.1 Å². The average molecular weight is 402 g/mol. The molecule has 2 rings (SSSR count). The molecule has 0 fully saturated rings. The van der Waals surface area contributed by atoms with Gasteiger partial charge in [0.05, 0.1) is 5.56 Å². The topological polar surface area (TPSA) is 37.3 Å². The molecule has 19 heavy (non-hydrogen) atoms. The maximum absolute atomic E-state index is 11.0. The summed E-state index contributed by atoms with van der Waals surface area (Å²) in [7, 11) is 0. The highest BCUT2D eigenvalue weighted by Gasteiger charge is 2.09. The number of rotatable bonds is 4. The fraction of sp³-hybridized carbons (Fsp3) is 0.0714. The molecule has 0 bridgehead atoms. The van der Waals surface area contributed by atoms with Gasteiger partial charge < -0.3 is 5.11 Å². The lowest BCUT2D eigenvalue weighted by Crippen LogP contribution is -1.97. The third-order valence-corrected chi connectivity index (χ3v) is 4.71. The van der Waals surface area contributed by atoms with Crippen LogP contribution in [0, 0.1) is 0 Å². The van der Waals surface area contributed by atoms with Crippen LogP contribution in [0.5, 0.6) is 0 Å². The molecule has 0 saturated carbocycles. The van der Waals surface area contributed by atoms with E-state index in [9.17, 15) is 4.79 Å². The van der Waals surface area contributed by atoms with Gasteiger partial charge in [-0.15, -0.1) is 11.8 Å². The van der Waals surface area contributed by atoms with Crippen LogP contribution in [-0.2, 0) is 5.75 Å². The molecule has 2 aromatic carbocycles. The van der Waals surface area contributed by atoms with E-state index in [0.717, 1.165) is 15.1 Å². The maximum Gasteiger partial charge on any atom is 0.336 e. The predicted octanol–water partition coefficient (Wildman–Crippen LogP) is 5.20. The molecule has 0 amide bonds. The second-order valence-corrected chi connectivity index (χ2v) is 6.68. The predicted molar refractivity (Wildman–Crippen MR) is 84.8 cm³/mol. The lowest BCUT2D eigenvalue weighted by atomic mass is 10.2. The number of hydrogen-bond donors (Lipinski definition) is 1. The van der Waals surface area contributed by atoms with Crippen LogP contribution in [0.2, 0.25) is 0 Å². The molecule has 0 atom stereocenters. The molecule has 0 spiro atoms. The summed E-state index contributed by atoms with van der Waals surface area (Å²) in [5.41, 5.74) is 1.48. The summed E-state index contributed by atoms with van der Waals surface area (Å²) in [6.07, 6.45) is 0. The monoisotopic (exact) mass is 400 g/mol. The Hall–Kier alpha value is -0.780. The van der Waals surface area contributed by atoms with E-state index in [-0.39, 0.29) is 0 Å². The Labute approximate surface area is 132 Å². The van der Waals surface area contributed by atoms with Crippen LogP contribution in [0.25, 0.3) is 0 Å². The summed E-state index contributed by atoms with van der Waals surface area (Å²) < 4.78 is 1.65. The Kier molecular flexibility index (Phi) is 5.07. The second-order valence-electron chi connectivity index (χ2n) is 3.87. The molecule has 0 heterocycles. The summed E-state index contributed by atoms with van der Waals surface area (Å²) in [5, 5.41) is 9.07. The van der Waals surface area contributed by atoms with Gasteiger partial charge in [-0.05, 0) is 51.8 Å². The third-order valence-electron chi connectivity index (χ3n) is 2.46. The molecule has 1 N–H and O–H groups in total.